The fraction of sp³-hybridized carbons (Fsp3) is 0.765. The molecule has 0 saturated carbocycles. The van der Waals surface area contributed by atoms with Crippen LogP contribution in [0.3, 0.4) is 0 Å². The normalized spacial score (nSPS) is 13.7. The summed E-state index contributed by atoms with van der Waals surface area (Å²) in [4.78, 5) is 21.9. The first-order valence-corrected chi connectivity index (χ1v) is 14.8. The lowest BCUT2D eigenvalue weighted by Gasteiger charge is -2.19. The number of hydrogen-bond acceptors (Lipinski definition) is 12. The number of nitrogens with zero attached hydrogens (tertiary/aromatic N) is 1. The standard InChI is InChI=1S/C8H13F3N2O4S.C7H14N2O2.C2F6O5S2/c1-5(12-6(14)17-7(2,3)4)13-18(15,16)8(9,10)11;1-5(8)9-6(10)11-7(2,3)4;3-1(4,5)14(9,10)13-15(11,12)2(6,7)8/h1-4H3,(H,12,13,14);1-4H3,(H2,8,9,10);. The maximum atomic E-state index is 12.0. The quantitative estimate of drug-likeness (QED) is 0.163. The van der Waals surface area contributed by atoms with E-state index in [4.69, 9.17) is 14.9 Å². The Morgan fingerprint density at radius 1 is 0.614 bits per heavy atom. The van der Waals surface area contributed by atoms with Gasteiger partial charge in [0.05, 0.1) is 5.84 Å². The van der Waals surface area contributed by atoms with E-state index in [1.807, 2.05) is 3.63 Å². The minimum Gasteiger partial charge on any atom is -0.444 e. The van der Waals surface area contributed by atoms with E-state index in [0.717, 1.165) is 6.92 Å². The molecular weight excluding hydrogens is 703 g/mol. The fourth-order valence-electron chi connectivity index (χ4n) is 1.36. The lowest BCUT2D eigenvalue weighted by atomic mass is 10.2. The summed E-state index contributed by atoms with van der Waals surface area (Å²) in [5.41, 5.74) is -19.4. The van der Waals surface area contributed by atoms with Crippen LogP contribution in [0.2, 0.25) is 0 Å². The number of amidine groups is 2. The van der Waals surface area contributed by atoms with Crippen LogP contribution in [0.15, 0.2) is 4.40 Å². The molecule has 0 rings (SSSR count). The van der Waals surface area contributed by atoms with E-state index in [9.17, 15) is 74.4 Å². The van der Waals surface area contributed by atoms with Gasteiger partial charge in [-0.05, 0) is 55.4 Å². The molecule has 0 aliphatic carbocycles. The van der Waals surface area contributed by atoms with Crippen LogP contribution in [0.5, 0.6) is 0 Å². The molecule has 0 atom stereocenters. The lowest BCUT2D eigenvalue weighted by Crippen LogP contribution is -2.36. The van der Waals surface area contributed by atoms with Crippen molar-refractivity contribution in [1.29, 1.82) is 5.41 Å². The third-order valence-electron chi connectivity index (χ3n) is 2.67. The Kier molecular flexibility index (Phi) is 15.9. The summed E-state index contributed by atoms with van der Waals surface area (Å²) in [7, 11) is -19.4. The largest absolute Gasteiger partial charge is 0.524 e. The van der Waals surface area contributed by atoms with E-state index in [1.54, 1.807) is 26.1 Å². The highest BCUT2D eigenvalue weighted by atomic mass is 32.3. The van der Waals surface area contributed by atoms with Crippen molar-refractivity contribution in [3.05, 3.63) is 0 Å². The Balaban J connectivity index is -0.000000590. The Morgan fingerprint density at radius 3 is 1.14 bits per heavy atom. The van der Waals surface area contributed by atoms with Gasteiger partial charge in [0, 0.05) is 0 Å². The molecule has 2 amide bonds. The van der Waals surface area contributed by atoms with Gasteiger partial charge in [0.2, 0.25) is 0 Å². The number of alkyl halides is 9. The van der Waals surface area contributed by atoms with Crippen molar-refractivity contribution in [3.63, 3.8) is 0 Å². The molecule has 44 heavy (non-hydrogen) atoms. The first-order valence-electron chi connectivity index (χ1n) is 10.5. The number of sulfonamides is 1. The average Bonchev–Trinajstić information content (AvgIpc) is 2.60. The molecule has 262 valence electrons. The number of carbonyl (C=O) groups excluding carboxylic acids is 2. The summed E-state index contributed by atoms with van der Waals surface area (Å²) in [6.45, 7) is 12.3. The summed E-state index contributed by atoms with van der Waals surface area (Å²) in [6, 6.07) is 0. The molecule has 3 N–H and O–H groups in total. The van der Waals surface area contributed by atoms with E-state index >= 15 is 0 Å². The highest BCUT2D eigenvalue weighted by Crippen LogP contribution is 2.32. The van der Waals surface area contributed by atoms with E-state index in [1.165, 1.54) is 27.7 Å². The molecule has 0 aromatic carbocycles. The van der Waals surface area contributed by atoms with Crippen LogP contribution in [-0.2, 0) is 43.4 Å². The van der Waals surface area contributed by atoms with Crippen LogP contribution in [0.1, 0.15) is 55.4 Å². The van der Waals surface area contributed by atoms with E-state index in [-0.39, 0.29) is 5.84 Å². The van der Waals surface area contributed by atoms with Gasteiger partial charge < -0.3 is 9.47 Å². The van der Waals surface area contributed by atoms with Crippen molar-refractivity contribution >= 4 is 54.1 Å². The van der Waals surface area contributed by atoms with Gasteiger partial charge in [-0.3, -0.25) is 16.0 Å². The summed E-state index contributed by atoms with van der Waals surface area (Å²) in [5, 5.41) is 10.9. The van der Waals surface area contributed by atoms with Gasteiger partial charge >= 0.3 is 59.0 Å². The average molecular weight is 731 g/mol. The molecule has 0 heterocycles. The van der Waals surface area contributed by atoms with Gasteiger partial charge in [-0.15, -0.1) is 8.03 Å². The van der Waals surface area contributed by atoms with Gasteiger partial charge in [0.25, 0.3) is 0 Å². The molecule has 0 aliphatic heterocycles. The maximum absolute atomic E-state index is 12.0. The Hall–Kier alpha value is -2.94. The minimum atomic E-state index is -6.85. The number of amides is 2. The Morgan fingerprint density at radius 2 is 0.909 bits per heavy atom. The Labute approximate surface area is 245 Å². The van der Waals surface area contributed by atoms with Crippen molar-refractivity contribution in [3.8, 4) is 0 Å². The second kappa shape index (κ2) is 15.4. The number of halogens is 9. The molecule has 0 spiro atoms. The van der Waals surface area contributed by atoms with Gasteiger partial charge in [-0.2, -0.15) is 64.8 Å². The van der Waals surface area contributed by atoms with Crippen LogP contribution < -0.4 is 10.6 Å². The van der Waals surface area contributed by atoms with Crippen molar-refractivity contribution < 1.29 is 87.5 Å². The van der Waals surface area contributed by atoms with Crippen molar-refractivity contribution in [2.45, 2.75) is 83.1 Å². The van der Waals surface area contributed by atoms with Crippen LogP contribution in [0.4, 0.5) is 49.1 Å². The summed E-state index contributed by atoms with van der Waals surface area (Å²) < 4.78 is 179. The molecule has 15 nitrogen and oxygen atoms in total. The second-order valence-corrected chi connectivity index (χ2v) is 14.2. The molecule has 0 saturated heterocycles. The Bertz CT molecular complexity index is 1330. The van der Waals surface area contributed by atoms with Gasteiger partial charge in [0.1, 0.15) is 17.0 Å². The maximum Gasteiger partial charge on any atom is 0.524 e. The van der Waals surface area contributed by atoms with Gasteiger partial charge in [-0.25, -0.2) is 9.59 Å². The molecule has 27 heteroatoms. The van der Waals surface area contributed by atoms with Crippen molar-refractivity contribution in [2.24, 2.45) is 4.40 Å². The molecular formula is C17H27F9N4O11S3. The van der Waals surface area contributed by atoms with Crippen LogP contribution in [-0.4, -0.2) is 76.8 Å². The molecule has 0 radical (unpaired) electrons. The van der Waals surface area contributed by atoms with E-state index < -0.39 is 76.0 Å². The third kappa shape index (κ3) is 20.1. The van der Waals surface area contributed by atoms with E-state index in [0.29, 0.717) is 0 Å². The predicted molar refractivity (Wildman–Crippen MR) is 131 cm³/mol. The smallest absolute Gasteiger partial charge is 0.444 e. The first-order chi connectivity index (χ1) is 18.8. The number of ether oxygens (including phenoxy) is 2. The van der Waals surface area contributed by atoms with Crippen LogP contribution in [0.25, 0.3) is 0 Å². The molecule has 0 aromatic heterocycles. The topological polar surface area (TPSA) is 225 Å². The van der Waals surface area contributed by atoms with Crippen molar-refractivity contribution in [2.75, 3.05) is 0 Å². The highest BCUT2D eigenvalue weighted by Gasteiger charge is 2.57. The summed E-state index contributed by atoms with van der Waals surface area (Å²) in [6.07, 6.45) is -1.67. The number of rotatable bonds is 3. The molecule has 0 unspecified atom stereocenters. The molecule has 0 bridgehead atoms. The first kappa shape index (κ1) is 45.5. The zero-order valence-corrected chi connectivity index (χ0v) is 26.0. The SMILES string of the molecule is CC(=N)NC(=O)OC(C)(C)C.CC(=NS(=O)(=O)C(F)(F)F)NC(=O)OC(C)(C)C.O=S(=O)(OS(=O)(=O)C(F)(F)F)C(F)(F)F. The molecule has 0 fully saturated rings. The highest BCUT2D eigenvalue weighted by molar-refractivity contribution is 8.00. The lowest BCUT2D eigenvalue weighted by molar-refractivity contribution is -0.0586. The number of hydrogen-bond donors (Lipinski definition) is 3. The summed E-state index contributed by atoms with van der Waals surface area (Å²) >= 11 is 0. The molecule has 0 aliphatic rings. The van der Waals surface area contributed by atoms with Crippen LogP contribution >= 0.6 is 0 Å². The second-order valence-electron chi connectivity index (χ2n) is 9.34. The third-order valence-corrected chi connectivity index (χ3v) is 6.33. The van der Waals surface area contributed by atoms with Crippen LogP contribution in [0, 0.1) is 5.41 Å². The number of nitrogens with one attached hydrogen (secondary N) is 3. The van der Waals surface area contributed by atoms with Gasteiger partial charge in [0.15, 0.2) is 0 Å². The zero-order valence-electron chi connectivity index (χ0n) is 23.6. The predicted octanol–water partition coefficient (Wildman–Crippen LogP) is 3.99. The number of alkyl carbamates (subject to hydrolysis) is 2. The summed E-state index contributed by atoms with van der Waals surface area (Å²) in [5.74, 6) is -0.652. The fourth-order valence-corrected chi connectivity index (χ4v) is 3.43. The molecule has 0 aromatic rings. The minimum absolute atomic E-state index is 0.0826. The van der Waals surface area contributed by atoms with Gasteiger partial charge in [-0.1, -0.05) is 0 Å². The van der Waals surface area contributed by atoms with E-state index in [2.05, 4.69) is 9.71 Å². The monoisotopic (exact) mass is 730 g/mol. The van der Waals surface area contributed by atoms with Crippen molar-refractivity contribution in [1.82, 2.24) is 10.6 Å². The zero-order chi connectivity index (χ0) is 36.6. The number of carbonyl (C=O) groups is 2.